The van der Waals surface area contributed by atoms with Gasteiger partial charge >= 0.3 is 0 Å². The predicted molar refractivity (Wildman–Crippen MR) is 91.8 cm³/mol. The highest BCUT2D eigenvalue weighted by Crippen LogP contribution is 2.32. The molecular weight excluding hydrogens is 290 g/mol. The first-order chi connectivity index (χ1) is 11.3. The van der Waals surface area contributed by atoms with E-state index in [1.807, 2.05) is 30.3 Å². The Balaban J connectivity index is 1.69. The zero-order chi connectivity index (χ0) is 16.1. The number of hydrogen-bond donors (Lipinski definition) is 2. The molecule has 5 nitrogen and oxygen atoms in total. The summed E-state index contributed by atoms with van der Waals surface area (Å²) in [7, 11) is 1.65. The molecule has 23 heavy (non-hydrogen) atoms. The Labute approximate surface area is 136 Å². The van der Waals surface area contributed by atoms with Gasteiger partial charge in [0.15, 0.2) is 11.5 Å². The van der Waals surface area contributed by atoms with Crippen LogP contribution in [0.25, 0.3) is 11.3 Å². The van der Waals surface area contributed by atoms with Gasteiger partial charge in [0.25, 0.3) is 0 Å². The summed E-state index contributed by atoms with van der Waals surface area (Å²) in [5.74, 6) is 1.98. The fourth-order valence-electron chi connectivity index (χ4n) is 2.87. The van der Waals surface area contributed by atoms with E-state index in [1.54, 1.807) is 13.2 Å². The second-order valence-electron chi connectivity index (χ2n) is 5.74. The third kappa shape index (κ3) is 3.93. The molecule has 0 spiro atoms. The van der Waals surface area contributed by atoms with Crippen LogP contribution in [0.5, 0.6) is 11.5 Å². The molecule has 2 aromatic rings. The minimum absolute atomic E-state index is 0.505. The Morgan fingerprint density at radius 1 is 1.26 bits per heavy atom. The van der Waals surface area contributed by atoms with Gasteiger partial charge in [0, 0.05) is 11.6 Å². The van der Waals surface area contributed by atoms with Crippen molar-refractivity contribution in [2.45, 2.75) is 25.3 Å². The summed E-state index contributed by atoms with van der Waals surface area (Å²) in [5, 5.41) is 3.48. The van der Waals surface area contributed by atoms with Crippen LogP contribution in [0.4, 0.5) is 5.82 Å². The van der Waals surface area contributed by atoms with Crippen molar-refractivity contribution in [3.63, 3.8) is 0 Å². The van der Waals surface area contributed by atoms with Crippen LogP contribution in [0, 0.1) is 0 Å². The van der Waals surface area contributed by atoms with Gasteiger partial charge in [-0.05, 0) is 56.1 Å². The quantitative estimate of drug-likeness (QED) is 0.858. The Hall–Kier alpha value is -2.27. The summed E-state index contributed by atoms with van der Waals surface area (Å²) >= 11 is 0. The van der Waals surface area contributed by atoms with E-state index in [-0.39, 0.29) is 0 Å². The third-order valence-corrected chi connectivity index (χ3v) is 4.12. The van der Waals surface area contributed by atoms with Crippen molar-refractivity contribution in [2.24, 2.45) is 0 Å². The van der Waals surface area contributed by atoms with Crippen LogP contribution >= 0.6 is 0 Å². The molecule has 1 aliphatic heterocycles. The van der Waals surface area contributed by atoms with Gasteiger partial charge in [-0.2, -0.15) is 0 Å². The lowest BCUT2D eigenvalue weighted by Crippen LogP contribution is -2.23. The highest BCUT2D eigenvalue weighted by Gasteiger charge is 2.14. The smallest absolute Gasteiger partial charge is 0.161 e. The van der Waals surface area contributed by atoms with Crippen LogP contribution in [0.15, 0.2) is 36.4 Å². The molecule has 1 saturated heterocycles. The summed E-state index contributed by atoms with van der Waals surface area (Å²) in [6.07, 6.45) is 3.51. The molecule has 1 unspecified atom stereocenters. The number of methoxy groups -OCH3 is 1. The predicted octanol–water partition coefficient (Wildman–Crippen LogP) is 2.86. The van der Waals surface area contributed by atoms with Gasteiger partial charge < -0.3 is 20.5 Å². The minimum Gasteiger partial charge on any atom is -0.493 e. The standard InChI is InChI=1S/C18H23N3O2/c1-22-17-12-13(15-5-2-6-18(19)21-15)7-8-16(17)23-11-9-14-4-3-10-20-14/h2,5-8,12,14,20H,3-4,9-11H2,1H3,(H2,19,21). The van der Waals surface area contributed by atoms with Crippen molar-refractivity contribution >= 4 is 5.82 Å². The lowest BCUT2D eigenvalue weighted by Gasteiger charge is -2.14. The maximum Gasteiger partial charge on any atom is 0.161 e. The van der Waals surface area contributed by atoms with E-state index in [9.17, 15) is 0 Å². The molecule has 1 aromatic carbocycles. The molecule has 1 atom stereocenters. The molecule has 2 heterocycles. The summed E-state index contributed by atoms with van der Waals surface area (Å²) in [5.41, 5.74) is 7.53. The second kappa shape index (κ2) is 7.33. The molecular formula is C18H23N3O2. The molecule has 1 fully saturated rings. The van der Waals surface area contributed by atoms with E-state index in [0.29, 0.717) is 24.2 Å². The van der Waals surface area contributed by atoms with Gasteiger partial charge in [-0.3, -0.25) is 0 Å². The van der Waals surface area contributed by atoms with E-state index in [4.69, 9.17) is 15.2 Å². The lowest BCUT2D eigenvalue weighted by atomic mass is 10.1. The van der Waals surface area contributed by atoms with Crippen LogP contribution in [-0.4, -0.2) is 31.3 Å². The number of benzene rings is 1. The summed E-state index contributed by atoms with van der Waals surface area (Å²) in [6.45, 7) is 1.81. The van der Waals surface area contributed by atoms with E-state index in [1.165, 1.54) is 12.8 Å². The first kappa shape index (κ1) is 15.6. The summed E-state index contributed by atoms with van der Waals surface area (Å²) < 4.78 is 11.4. The van der Waals surface area contributed by atoms with Crippen molar-refractivity contribution < 1.29 is 9.47 Å². The summed E-state index contributed by atoms with van der Waals surface area (Å²) in [6, 6.07) is 12.0. The first-order valence-electron chi connectivity index (χ1n) is 8.03. The minimum atomic E-state index is 0.505. The van der Waals surface area contributed by atoms with Crippen molar-refractivity contribution in [2.75, 3.05) is 26.0 Å². The molecule has 1 aromatic heterocycles. The number of nitrogen functional groups attached to an aromatic ring is 1. The normalized spacial score (nSPS) is 17.2. The molecule has 3 rings (SSSR count). The SMILES string of the molecule is COc1cc(-c2cccc(N)n2)ccc1OCCC1CCCN1. The zero-order valence-electron chi connectivity index (χ0n) is 13.4. The molecule has 0 saturated carbocycles. The number of ether oxygens (including phenoxy) is 2. The number of nitrogens with zero attached hydrogens (tertiary/aromatic N) is 1. The maximum atomic E-state index is 5.89. The Morgan fingerprint density at radius 2 is 2.17 bits per heavy atom. The number of anilines is 1. The number of aromatic nitrogens is 1. The van der Waals surface area contributed by atoms with Crippen LogP contribution in [-0.2, 0) is 0 Å². The fraction of sp³-hybridized carbons (Fsp3) is 0.389. The maximum absolute atomic E-state index is 5.89. The highest BCUT2D eigenvalue weighted by atomic mass is 16.5. The van der Waals surface area contributed by atoms with Crippen LogP contribution < -0.4 is 20.5 Å². The third-order valence-electron chi connectivity index (χ3n) is 4.12. The Bertz CT molecular complexity index is 654. The van der Waals surface area contributed by atoms with E-state index in [0.717, 1.165) is 30.0 Å². The number of rotatable bonds is 6. The number of hydrogen-bond acceptors (Lipinski definition) is 5. The number of nitrogens with two attached hydrogens (primary N) is 1. The molecule has 3 N–H and O–H groups in total. The lowest BCUT2D eigenvalue weighted by molar-refractivity contribution is 0.275. The average Bonchev–Trinajstić information content (AvgIpc) is 3.08. The van der Waals surface area contributed by atoms with E-state index in [2.05, 4.69) is 10.3 Å². The average molecular weight is 313 g/mol. The zero-order valence-corrected chi connectivity index (χ0v) is 13.4. The molecule has 5 heteroatoms. The van der Waals surface area contributed by atoms with Crippen molar-refractivity contribution in [3.05, 3.63) is 36.4 Å². The number of pyridine rings is 1. The van der Waals surface area contributed by atoms with Gasteiger partial charge in [-0.15, -0.1) is 0 Å². The monoisotopic (exact) mass is 313 g/mol. The van der Waals surface area contributed by atoms with Crippen molar-refractivity contribution in [1.82, 2.24) is 10.3 Å². The van der Waals surface area contributed by atoms with Crippen LogP contribution in [0.2, 0.25) is 0 Å². The van der Waals surface area contributed by atoms with E-state index < -0.39 is 0 Å². The number of nitrogens with one attached hydrogen (secondary N) is 1. The topological polar surface area (TPSA) is 69.4 Å². The van der Waals surface area contributed by atoms with Gasteiger partial charge in [0.05, 0.1) is 19.4 Å². The molecule has 0 bridgehead atoms. The summed E-state index contributed by atoms with van der Waals surface area (Å²) in [4.78, 5) is 4.34. The second-order valence-corrected chi connectivity index (χ2v) is 5.74. The largest absolute Gasteiger partial charge is 0.493 e. The molecule has 1 aliphatic rings. The first-order valence-corrected chi connectivity index (χ1v) is 8.03. The fourth-order valence-corrected chi connectivity index (χ4v) is 2.87. The molecule has 0 radical (unpaired) electrons. The Morgan fingerprint density at radius 3 is 2.91 bits per heavy atom. The molecule has 122 valence electrons. The highest BCUT2D eigenvalue weighted by molar-refractivity contribution is 5.65. The van der Waals surface area contributed by atoms with Crippen molar-refractivity contribution in [3.8, 4) is 22.8 Å². The van der Waals surface area contributed by atoms with Gasteiger partial charge in [-0.25, -0.2) is 4.98 Å². The van der Waals surface area contributed by atoms with E-state index >= 15 is 0 Å². The van der Waals surface area contributed by atoms with Gasteiger partial charge in [-0.1, -0.05) is 6.07 Å². The molecule has 0 aliphatic carbocycles. The van der Waals surface area contributed by atoms with Crippen molar-refractivity contribution in [1.29, 1.82) is 0 Å². The van der Waals surface area contributed by atoms with Crippen LogP contribution in [0.1, 0.15) is 19.3 Å². The van der Waals surface area contributed by atoms with Gasteiger partial charge in [0.2, 0.25) is 0 Å². The van der Waals surface area contributed by atoms with Crippen LogP contribution in [0.3, 0.4) is 0 Å². The molecule has 0 amide bonds. The van der Waals surface area contributed by atoms with Gasteiger partial charge in [0.1, 0.15) is 5.82 Å². The Kier molecular flexibility index (Phi) is 4.98.